The maximum absolute atomic E-state index is 11.7. The Hall–Kier alpha value is -0.620. The molecule has 0 spiro atoms. The molecule has 0 saturated carbocycles. The number of carbonyl (C=O) groups is 1. The smallest absolute Gasteiger partial charge is 0.239 e. The molecule has 0 aromatic heterocycles. The summed E-state index contributed by atoms with van der Waals surface area (Å²) in [5, 5.41) is 0. The molecule has 6 heteroatoms. The molecule has 1 aliphatic heterocycles. The van der Waals surface area contributed by atoms with Crippen LogP contribution in [0.5, 0.6) is 0 Å². The number of rotatable bonds is 1. The predicted molar refractivity (Wildman–Crippen MR) is 58.1 cm³/mol. The van der Waals surface area contributed by atoms with E-state index in [0.29, 0.717) is 0 Å². The van der Waals surface area contributed by atoms with Gasteiger partial charge in [-0.05, 0) is 20.8 Å². The van der Waals surface area contributed by atoms with Crippen LogP contribution in [0.3, 0.4) is 0 Å². The minimum atomic E-state index is -3.09. The fourth-order valence-corrected chi connectivity index (χ4v) is 2.99. The van der Waals surface area contributed by atoms with Crippen LogP contribution in [-0.4, -0.2) is 48.9 Å². The molecule has 2 N–H and O–H groups in total. The second-order valence-corrected chi connectivity index (χ2v) is 7.37. The zero-order valence-electron chi connectivity index (χ0n) is 9.36. The van der Waals surface area contributed by atoms with Gasteiger partial charge in [0.05, 0.1) is 16.5 Å². The van der Waals surface area contributed by atoms with E-state index in [1.54, 1.807) is 20.8 Å². The number of hydrogen-bond acceptors (Lipinski definition) is 4. The predicted octanol–water partition coefficient (Wildman–Crippen LogP) is -0.631. The third-order valence-corrected chi connectivity index (χ3v) is 5.28. The minimum Gasteiger partial charge on any atom is -0.339 e. The van der Waals surface area contributed by atoms with Crippen LogP contribution in [0.2, 0.25) is 0 Å². The van der Waals surface area contributed by atoms with Crippen molar-refractivity contribution >= 4 is 15.7 Å². The van der Waals surface area contributed by atoms with Gasteiger partial charge < -0.3 is 10.6 Å². The average molecular weight is 234 g/mol. The molecule has 1 rings (SSSR count). The van der Waals surface area contributed by atoms with Crippen LogP contribution < -0.4 is 5.73 Å². The third-order valence-electron chi connectivity index (χ3n) is 2.74. The van der Waals surface area contributed by atoms with Crippen LogP contribution in [0, 0.1) is 0 Å². The molecular formula is C9H18N2O3S. The van der Waals surface area contributed by atoms with Crippen molar-refractivity contribution in [2.45, 2.75) is 31.6 Å². The largest absolute Gasteiger partial charge is 0.339 e. The Morgan fingerprint density at radius 2 is 2.00 bits per heavy atom. The zero-order chi connectivity index (χ0) is 11.9. The number of carbonyl (C=O) groups excluding carboxylic acids is 1. The van der Waals surface area contributed by atoms with Gasteiger partial charge >= 0.3 is 0 Å². The quantitative estimate of drug-likeness (QED) is 0.655. The monoisotopic (exact) mass is 234 g/mol. The molecular weight excluding hydrogens is 216 g/mol. The first kappa shape index (κ1) is 12.4. The Labute approximate surface area is 90.5 Å². The number of sulfone groups is 1. The molecule has 0 bridgehead atoms. The van der Waals surface area contributed by atoms with Crippen LogP contribution in [0.4, 0.5) is 0 Å². The fraction of sp³-hybridized carbons (Fsp3) is 0.889. The summed E-state index contributed by atoms with van der Waals surface area (Å²) in [4.78, 5) is 13.1. The molecule has 1 atom stereocenters. The first-order chi connectivity index (χ1) is 6.67. The molecule has 1 saturated heterocycles. The van der Waals surface area contributed by atoms with Crippen LogP contribution >= 0.6 is 0 Å². The van der Waals surface area contributed by atoms with Crippen LogP contribution in [0.25, 0.3) is 0 Å². The van der Waals surface area contributed by atoms with Gasteiger partial charge in [-0.2, -0.15) is 0 Å². The maximum Gasteiger partial charge on any atom is 0.239 e. The highest BCUT2D eigenvalue weighted by Crippen LogP contribution is 2.23. The summed E-state index contributed by atoms with van der Waals surface area (Å²) in [5.74, 6) is -0.156. The van der Waals surface area contributed by atoms with Crippen molar-refractivity contribution in [3.8, 4) is 0 Å². The molecule has 0 radical (unpaired) electrons. The average Bonchev–Trinajstić information content (AvgIpc) is 2.08. The molecule has 1 fully saturated rings. The van der Waals surface area contributed by atoms with Gasteiger partial charge in [0.2, 0.25) is 5.91 Å². The molecule has 1 aliphatic rings. The molecule has 0 aromatic rings. The number of amides is 1. The van der Waals surface area contributed by atoms with E-state index in [1.807, 2.05) is 0 Å². The summed E-state index contributed by atoms with van der Waals surface area (Å²) in [6, 6.07) is -0.568. The Bertz CT molecular complexity index is 360. The van der Waals surface area contributed by atoms with E-state index in [9.17, 15) is 13.2 Å². The Kier molecular flexibility index (Phi) is 3.11. The van der Waals surface area contributed by atoms with Gasteiger partial charge in [0, 0.05) is 13.1 Å². The Morgan fingerprint density at radius 3 is 2.40 bits per heavy atom. The van der Waals surface area contributed by atoms with Crippen LogP contribution in [0.15, 0.2) is 0 Å². The normalized spacial score (nSPS) is 26.0. The lowest BCUT2D eigenvalue weighted by atomic mass is 10.1. The van der Waals surface area contributed by atoms with Gasteiger partial charge in [0.1, 0.15) is 0 Å². The summed E-state index contributed by atoms with van der Waals surface area (Å²) >= 11 is 0. The Morgan fingerprint density at radius 1 is 1.47 bits per heavy atom. The first-order valence-corrected chi connectivity index (χ1v) is 6.59. The fourth-order valence-electron chi connectivity index (χ4n) is 1.62. The molecule has 1 amide bonds. The number of hydrogen-bond donors (Lipinski definition) is 1. The van der Waals surface area contributed by atoms with E-state index in [-0.39, 0.29) is 24.7 Å². The van der Waals surface area contributed by atoms with Gasteiger partial charge in [-0.25, -0.2) is 8.42 Å². The lowest BCUT2D eigenvalue weighted by Crippen LogP contribution is -2.57. The Balaban J connectivity index is 2.84. The maximum atomic E-state index is 11.7. The van der Waals surface area contributed by atoms with Crippen molar-refractivity contribution in [1.82, 2.24) is 4.90 Å². The van der Waals surface area contributed by atoms with Crippen LogP contribution in [-0.2, 0) is 14.6 Å². The first-order valence-electron chi connectivity index (χ1n) is 4.94. The number of nitrogens with zero attached hydrogens (tertiary/aromatic N) is 1. The van der Waals surface area contributed by atoms with E-state index in [0.717, 1.165) is 0 Å². The second kappa shape index (κ2) is 3.75. The molecule has 1 heterocycles. The summed E-state index contributed by atoms with van der Waals surface area (Å²) < 4.78 is 22.5. The SMILES string of the molecule is C[C@H](N)C(=O)N1CCS(=O)(=O)C(C)(C)C1. The zero-order valence-corrected chi connectivity index (χ0v) is 10.2. The lowest BCUT2D eigenvalue weighted by molar-refractivity contribution is -0.132. The molecule has 0 aromatic carbocycles. The topological polar surface area (TPSA) is 80.5 Å². The van der Waals surface area contributed by atoms with Gasteiger partial charge in [-0.15, -0.1) is 0 Å². The van der Waals surface area contributed by atoms with Gasteiger partial charge in [0.15, 0.2) is 9.84 Å². The van der Waals surface area contributed by atoms with E-state index in [1.165, 1.54) is 4.90 Å². The summed E-state index contributed by atoms with van der Waals surface area (Å²) in [6.45, 7) is 5.38. The van der Waals surface area contributed by atoms with Crippen LogP contribution in [0.1, 0.15) is 20.8 Å². The van der Waals surface area contributed by atoms with Crippen molar-refractivity contribution in [2.24, 2.45) is 5.73 Å². The second-order valence-electron chi connectivity index (χ2n) is 4.63. The molecule has 15 heavy (non-hydrogen) atoms. The summed E-state index contributed by atoms with van der Waals surface area (Å²) in [5.41, 5.74) is 5.48. The standard InChI is InChI=1S/C9H18N2O3S/c1-7(10)8(12)11-4-5-15(13,14)9(2,3)6-11/h7H,4-6,10H2,1-3H3/t7-/m0/s1. The number of nitrogens with two attached hydrogens (primary N) is 1. The highest BCUT2D eigenvalue weighted by molar-refractivity contribution is 7.92. The van der Waals surface area contributed by atoms with E-state index in [4.69, 9.17) is 5.73 Å². The van der Waals surface area contributed by atoms with E-state index < -0.39 is 20.6 Å². The van der Waals surface area contributed by atoms with E-state index >= 15 is 0 Å². The van der Waals surface area contributed by atoms with E-state index in [2.05, 4.69) is 0 Å². The molecule has 0 aliphatic carbocycles. The molecule has 0 unspecified atom stereocenters. The van der Waals surface area contributed by atoms with Gasteiger partial charge in [0.25, 0.3) is 0 Å². The van der Waals surface area contributed by atoms with Crippen molar-refractivity contribution in [3.63, 3.8) is 0 Å². The summed E-state index contributed by atoms with van der Waals surface area (Å²) in [7, 11) is -3.09. The lowest BCUT2D eigenvalue weighted by Gasteiger charge is -2.38. The van der Waals surface area contributed by atoms with Gasteiger partial charge in [-0.3, -0.25) is 4.79 Å². The third kappa shape index (κ3) is 2.31. The molecule has 5 nitrogen and oxygen atoms in total. The van der Waals surface area contributed by atoms with Gasteiger partial charge in [-0.1, -0.05) is 0 Å². The van der Waals surface area contributed by atoms with Crippen molar-refractivity contribution in [1.29, 1.82) is 0 Å². The van der Waals surface area contributed by atoms with Crippen molar-refractivity contribution < 1.29 is 13.2 Å². The highest BCUT2D eigenvalue weighted by Gasteiger charge is 2.41. The van der Waals surface area contributed by atoms with Crippen molar-refractivity contribution in [2.75, 3.05) is 18.8 Å². The van der Waals surface area contributed by atoms with Crippen molar-refractivity contribution in [3.05, 3.63) is 0 Å². The molecule has 88 valence electrons. The summed E-state index contributed by atoms with van der Waals surface area (Å²) in [6.07, 6.45) is 0. The highest BCUT2D eigenvalue weighted by atomic mass is 32.2. The minimum absolute atomic E-state index is 0.0262.